The van der Waals surface area contributed by atoms with Crippen LogP contribution >= 0.6 is 0 Å². The largest absolute Gasteiger partial charge is 0.281 e. The van der Waals surface area contributed by atoms with Crippen LogP contribution in [-0.2, 0) is 23.9 Å². The molecule has 25 heavy (non-hydrogen) atoms. The molecule has 0 aromatic heterocycles. The molecule has 152 valence electrons. The van der Waals surface area contributed by atoms with Gasteiger partial charge in [-0.3, -0.25) is 0 Å². The summed E-state index contributed by atoms with van der Waals surface area (Å²) in [4.78, 5) is 0. The molecule has 0 fully saturated rings. The molecule has 0 bridgehead atoms. The van der Waals surface area contributed by atoms with Gasteiger partial charge >= 0.3 is 0 Å². The summed E-state index contributed by atoms with van der Waals surface area (Å²) >= 11 is 0. The van der Waals surface area contributed by atoms with Crippen molar-refractivity contribution in [3.63, 3.8) is 0 Å². The van der Waals surface area contributed by atoms with Crippen molar-refractivity contribution in [2.45, 2.75) is 104 Å². The van der Waals surface area contributed by atoms with E-state index in [0.717, 1.165) is 38.5 Å². The van der Waals surface area contributed by atoms with Crippen molar-refractivity contribution in [3.05, 3.63) is 0 Å². The molecule has 0 N–H and O–H groups in total. The SMILES string of the molecule is CCCCCCCCCS(=O)(=O)OS(=O)(=O)CCCCCCCCC. The highest BCUT2D eigenvalue weighted by Crippen LogP contribution is 2.12. The zero-order valence-electron chi connectivity index (χ0n) is 16.2. The molecular weight excluding hydrogens is 360 g/mol. The Bertz CT molecular complexity index is 452. The van der Waals surface area contributed by atoms with Crippen LogP contribution in [0.15, 0.2) is 0 Å². The molecule has 7 heteroatoms. The fraction of sp³-hybridized carbons (Fsp3) is 1.00. The van der Waals surface area contributed by atoms with Crippen molar-refractivity contribution in [2.24, 2.45) is 0 Å². The highest BCUT2D eigenvalue weighted by atomic mass is 32.3. The highest BCUT2D eigenvalue weighted by Gasteiger charge is 2.22. The molecule has 0 radical (unpaired) electrons. The third-order valence-corrected chi connectivity index (χ3v) is 7.44. The van der Waals surface area contributed by atoms with Gasteiger partial charge in [0.05, 0.1) is 11.5 Å². The van der Waals surface area contributed by atoms with Crippen molar-refractivity contribution < 1.29 is 20.5 Å². The van der Waals surface area contributed by atoms with Crippen molar-refractivity contribution >= 4 is 20.2 Å². The molecule has 0 rings (SSSR count). The van der Waals surface area contributed by atoms with E-state index < -0.39 is 20.2 Å². The van der Waals surface area contributed by atoms with Crippen molar-refractivity contribution in [3.8, 4) is 0 Å². The molecule has 0 saturated carbocycles. The minimum Gasteiger partial charge on any atom is -0.198 e. The molecule has 0 aromatic carbocycles. The molecule has 0 aromatic rings. The van der Waals surface area contributed by atoms with Gasteiger partial charge < -0.3 is 0 Å². The fourth-order valence-electron chi connectivity index (χ4n) is 2.70. The van der Waals surface area contributed by atoms with Crippen LogP contribution in [0, 0.1) is 0 Å². The standard InChI is InChI=1S/C18H38O5S2/c1-3-5-7-9-11-13-15-17-24(19,20)23-25(21,22)18-16-14-12-10-8-6-4-2/h3-18H2,1-2H3. The van der Waals surface area contributed by atoms with E-state index in [1.807, 2.05) is 0 Å². The Kier molecular flexibility index (Phi) is 14.9. The van der Waals surface area contributed by atoms with E-state index in [-0.39, 0.29) is 11.5 Å². The average Bonchev–Trinajstić information content (AvgIpc) is 2.52. The minimum atomic E-state index is -3.98. The lowest BCUT2D eigenvalue weighted by atomic mass is 10.1. The average molecular weight is 399 g/mol. The molecule has 0 heterocycles. The summed E-state index contributed by atoms with van der Waals surface area (Å²) in [7, 11) is -7.96. The van der Waals surface area contributed by atoms with Gasteiger partial charge in [-0.2, -0.15) is 16.8 Å². The molecule has 0 aliphatic rings. The summed E-state index contributed by atoms with van der Waals surface area (Å²) in [5.41, 5.74) is 0. The van der Waals surface area contributed by atoms with Gasteiger partial charge in [0.2, 0.25) is 0 Å². The van der Waals surface area contributed by atoms with Crippen molar-refractivity contribution in [1.29, 1.82) is 0 Å². The van der Waals surface area contributed by atoms with E-state index in [9.17, 15) is 16.8 Å². The first kappa shape index (κ1) is 24.9. The molecule has 0 spiro atoms. The smallest absolute Gasteiger partial charge is 0.198 e. The van der Waals surface area contributed by atoms with E-state index in [1.54, 1.807) is 0 Å². The summed E-state index contributed by atoms with van der Waals surface area (Å²) in [6.07, 6.45) is 13.8. The molecule has 0 saturated heterocycles. The molecule has 0 amide bonds. The Morgan fingerprint density at radius 2 is 0.760 bits per heavy atom. The van der Waals surface area contributed by atoms with E-state index in [0.29, 0.717) is 12.8 Å². The Labute approximate surface area is 156 Å². The van der Waals surface area contributed by atoms with E-state index >= 15 is 0 Å². The summed E-state index contributed by atoms with van der Waals surface area (Å²) in [5, 5.41) is 0. The van der Waals surface area contributed by atoms with Crippen LogP contribution in [0.25, 0.3) is 0 Å². The van der Waals surface area contributed by atoms with Crippen LogP contribution in [0.3, 0.4) is 0 Å². The second kappa shape index (κ2) is 15.0. The van der Waals surface area contributed by atoms with E-state index in [2.05, 4.69) is 17.5 Å². The topological polar surface area (TPSA) is 77.5 Å². The number of unbranched alkanes of at least 4 members (excludes halogenated alkanes) is 12. The van der Waals surface area contributed by atoms with Gasteiger partial charge in [0.15, 0.2) is 0 Å². The van der Waals surface area contributed by atoms with E-state index in [4.69, 9.17) is 0 Å². The number of hydrogen-bond donors (Lipinski definition) is 0. The van der Waals surface area contributed by atoms with Gasteiger partial charge in [0.1, 0.15) is 0 Å². The Balaban J connectivity index is 3.85. The number of rotatable bonds is 18. The normalized spacial score (nSPS) is 12.6. The van der Waals surface area contributed by atoms with Crippen LogP contribution in [-0.4, -0.2) is 28.3 Å². The maximum Gasteiger partial charge on any atom is 0.281 e. The molecule has 0 atom stereocenters. The van der Waals surface area contributed by atoms with Crippen LogP contribution < -0.4 is 0 Å². The summed E-state index contributed by atoms with van der Waals surface area (Å²) < 4.78 is 51.6. The second-order valence-corrected chi connectivity index (χ2v) is 10.4. The zero-order chi connectivity index (χ0) is 19.0. The van der Waals surface area contributed by atoms with Crippen LogP contribution in [0.4, 0.5) is 0 Å². The molecule has 0 aliphatic heterocycles. The number of hydrogen-bond acceptors (Lipinski definition) is 5. The molecular formula is C18H38O5S2. The highest BCUT2D eigenvalue weighted by molar-refractivity contribution is 7.99. The Morgan fingerprint density at radius 1 is 0.480 bits per heavy atom. The Hall–Kier alpha value is -0.140. The van der Waals surface area contributed by atoms with E-state index in [1.165, 1.54) is 38.5 Å². The van der Waals surface area contributed by atoms with Gasteiger partial charge in [-0.05, 0) is 12.8 Å². The lowest BCUT2D eigenvalue weighted by Gasteiger charge is -2.06. The quantitative estimate of drug-likeness (QED) is 0.298. The predicted octanol–water partition coefficient (Wildman–Crippen LogP) is 5.16. The zero-order valence-corrected chi connectivity index (χ0v) is 17.8. The van der Waals surface area contributed by atoms with Gasteiger partial charge in [-0.25, -0.2) is 0 Å². The minimum absolute atomic E-state index is 0.211. The lowest BCUT2D eigenvalue weighted by molar-refractivity contribution is 0.457. The first-order valence-corrected chi connectivity index (χ1v) is 13.1. The van der Waals surface area contributed by atoms with Gasteiger partial charge in [0.25, 0.3) is 20.2 Å². The van der Waals surface area contributed by atoms with Gasteiger partial charge in [-0.15, -0.1) is 3.63 Å². The summed E-state index contributed by atoms with van der Waals surface area (Å²) in [6.45, 7) is 4.30. The molecule has 5 nitrogen and oxygen atoms in total. The first-order chi connectivity index (χ1) is 11.8. The first-order valence-electron chi connectivity index (χ1n) is 9.99. The summed E-state index contributed by atoms with van der Waals surface area (Å²) in [5.74, 6) is -0.423. The van der Waals surface area contributed by atoms with Crippen LogP contribution in [0.1, 0.15) is 104 Å². The molecule has 0 unspecified atom stereocenters. The fourth-order valence-corrected chi connectivity index (χ4v) is 5.62. The third kappa shape index (κ3) is 17.0. The van der Waals surface area contributed by atoms with Crippen LogP contribution in [0.5, 0.6) is 0 Å². The Morgan fingerprint density at radius 3 is 1.08 bits per heavy atom. The maximum atomic E-state index is 11.8. The predicted molar refractivity (Wildman–Crippen MR) is 105 cm³/mol. The second-order valence-electron chi connectivity index (χ2n) is 6.83. The summed E-state index contributed by atoms with van der Waals surface area (Å²) in [6, 6.07) is 0. The van der Waals surface area contributed by atoms with Crippen molar-refractivity contribution in [2.75, 3.05) is 11.5 Å². The van der Waals surface area contributed by atoms with Gasteiger partial charge in [0, 0.05) is 0 Å². The van der Waals surface area contributed by atoms with Crippen LogP contribution in [0.2, 0.25) is 0 Å². The van der Waals surface area contributed by atoms with Gasteiger partial charge in [-0.1, -0.05) is 90.9 Å². The molecule has 0 aliphatic carbocycles. The maximum absolute atomic E-state index is 11.8. The lowest BCUT2D eigenvalue weighted by Crippen LogP contribution is -2.19. The third-order valence-electron chi connectivity index (χ3n) is 4.20. The monoisotopic (exact) mass is 398 g/mol. The van der Waals surface area contributed by atoms with Crippen molar-refractivity contribution in [1.82, 2.24) is 0 Å².